The molecule has 1 aromatic carbocycles. The zero-order valence-corrected chi connectivity index (χ0v) is 13.1. The van der Waals surface area contributed by atoms with E-state index in [-0.39, 0.29) is 17.9 Å². The van der Waals surface area contributed by atoms with E-state index in [1.165, 1.54) is 5.56 Å². The van der Waals surface area contributed by atoms with Gasteiger partial charge >= 0.3 is 6.09 Å². The SMILES string of the molecule is CC(=O)N1C[C@H]2CC2(c2ccc(N3C[C@H](CO)OC3=O)cc2)C1. The number of cyclic esters (lactones) is 1. The summed E-state index contributed by atoms with van der Waals surface area (Å²) in [4.78, 5) is 26.8. The third-order valence-electron chi connectivity index (χ3n) is 5.42. The highest BCUT2D eigenvalue weighted by Crippen LogP contribution is 2.59. The summed E-state index contributed by atoms with van der Waals surface area (Å²) in [6.07, 6.45) is 0.268. The van der Waals surface area contributed by atoms with Crippen molar-refractivity contribution in [1.82, 2.24) is 4.90 Å². The summed E-state index contributed by atoms with van der Waals surface area (Å²) in [5.41, 5.74) is 2.13. The van der Waals surface area contributed by atoms with Crippen LogP contribution in [0.25, 0.3) is 0 Å². The number of nitrogens with zero attached hydrogens (tertiary/aromatic N) is 2. The molecule has 2 amide bonds. The first-order chi connectivity index (χ1) is 11.0. The molecule has 122 valence electrons. The van der Waals surface area contributed by atoms with Gasteiger partial charge in [-0.15, -0.1) is 0 Å². The molecule has 2 aliphatic heterocycles. The number of amides is 2. The smallest absolute Gasteiger partial charge is 0.414 e. The molecule has 2 heterocycles. The minimum atomic E-state index is -0.451. The fourth-order valence-corrected chi connectivity index (χ4v) is 3.97. The first kappa shape index (κ1) is 14.5. The predicted molar refractivity (Wildman–Crippen MR) is 83.2 cm³/mol. The highest BCUT2D eigenvalue weighted by Gasteiger charge is 2.61. The van der Waals surface area contributed by atoms with Gasteiger partial charge < -0.3 is 14.7 Å². The van der Waals surface area contributed by atoms with Crippen LogP contribution in [-0.4, -0.2) is 54.4 Å². The predicted octanol–water partition coefficient (Wildman–Crippen LogP) is 1.12. The van der Waals surface area contributed by atoms with Crippen LogP contribution in [0.15, 0.2) is 24.3 Å². The standard InChI is InChI=1S/C17H20N2O4/c1-11(21)18-7-13-6-17(13,10-18)12-2-4-14(5-3-12)19-8-15(9-20)23-16(19)22/h2-5,13,15,20H,6-10H2,1H3/t13-,15-,17?/m1/s1. The molecule has 1 aromatic rings. The van der Waals surface area contributed by atoms with Crippen molar-refractivity contribution in [3.63, 3.8) is 0 Å². The zero-order chi connectivity index (χ0) is 16.2. The summed E-state index contributed by atoms with van der Waals surface area (Å²) in [6, 6.07) is 7.96. The summed E-state index contributed by atoms with van der Waals surface area (Å²) >= 11 is 0. The van der Waals surface area contributed by atoms with Gasteiger partial charge in [-0.2, -0.15) is 0 Å². The molecule has 1 aliphatic carbocycles. The third kappa shape index (κ3) is 2.20. The molecule has 0 spiro atoms. The number of carbonyl (C=O) groups excluding carboxylic acids is 2. The molecule has 0 aromatic heterocycles. The van der Waals surface area contributed by atoms with Crippen molar-refractivity contribution in [3.05, 3.63) is 29.8 Å². The Bertz CT molecular complexity index is 659. The highest BCUT2D eigenvalue weighted by atomic mass is 16.6. The number of aliphatic hydroxyl groups excluding tert-OH is 1. The van der Waals surface area contributed by atoms with Gasteiger partial charge in [0, 0.05) is 31.1 Å². The average Bonchev–Trinajstić information content (AvgIpc) is 2.92. The van der Waals surface area contributed by atoms with Crippen molar-refractivity contribution >= 4 is 17.7 Å². The summed E-state index contributed by atoms with van der Waals surface area (Å²) in [7, 11) is 0. The van der Waals surface area contributed by atoms with Crippen LogP contribution in [0.3, 0.4) is 0 Å². The van der Waals surface area contributed by atoms with E-state index in [1.54, 1.807) is 11.8 Å². The lowest BCUT2D eigenvalue weighted by Gasteiger charge is -2.20. The molecular formula is C17H20N2O4. The number of carbonyl (C=O) groups is 2. The molecule has 4 rings (SSSR count). The van der Waals surface area contributed by atoms with Gasteiger partial charge in [0.2, 0.25) is 5.91 Å². The molecule has 0 bridgehead atoms. The van der Waals surface area contributed by atoms with Crippen LogP contribution in [0.4, 0.5) is 10.5 Å². The Morgan fingerprint density at radius 1 is 1.35 bits per heavy atom. The number of anilines is 1. The summed E-state index contributed by atoms with van der Waals surface area (Å²) in [5.74, 6) is 0.704. The fourth-order valence-electron chi connectivity index (χ4n) is 3.97. The van der Waals surface area contributed by atoms with Gasteiger partial charge in [-0.05, 0) is 30.0 Å². The molecule has 3 aliphatic rings. The van der Waals surface area contributed by atoms with Crippen LogP contribution < -0.4 is 4.90 Å². The lowest BCUT2D eigenvalue weighted by atomic mass is 9.94. The van der Waals surface area contributed by atoms with Crippen LogP contribution >= 0.6 is 0 Å². The van der Waals surface area contributed by atoms with Crippen molar-refractivity contribution < 1.29 is 19.4 Å². The number of likely N-dealkylation sites (tertiary alicyclic amines) is 1. The maximum Gasteiger partial charge on any atom is 0.414 e. The number of hydrogen-bond acceptors (Lipinski definition) is 4. The second-order valence-corrected chi connectivity index (χ2v) is 6.80. The van der Waals surface area contributed by atoms with E-state index in [9.17, 15) is 9.59 Å². The van der Waals surface area contributed by atoms with Crippen molar-refractivity contribution in [2.45, 2.75) is 24.9 Å². The quantitative estimate of drug-likeness (QED) is 0.907. The van der Waals surface area contributed by atoms with Gasteiger partial charge in [-0.3, -0.25) is 9.69 Å². The van der Waals surface area contributed by atoms with Crippen LogP contribution in [0.2, 0.25) is 0 Å². The first-order valence-electron chi connectivity index (χ1n) is 7.98. The monoisotopic (exact) mass is 316 g/mol. The molecule has 1 N–H and O–H groups in total. The summed E-state index contributed by atoms with van der Waals surface area (Å²) < 4.78 is 5.07. The molecule has 6 heteroatoms. The van der Waals surface area contributed by atoms with Gasteiger partial charge in [-0.1, -0.05) is 12.1 Å². The van der Waals surface area contributed by atoms with Gasteiger partial charge in [-0.25, -0.2) is 4.79 Å². The number of benzene rings is 1. The average molecular weight is 316 g/mol. The van der Waals surface area contributed by atoms with Gasteiger partial charge in [0.25, 0.3) is 0 Å². The van der Waals surface area contributed by atoms with Crippen molar-refractivity contribution in [3.8, 4) is 0 Å². The Morgan fingerprint density at radius 3 is 2.65 bits per heavy atom. The molecule has 6 nitrogen and oxygen atoms in total. The molecule has 2 saturated heterocycles. The van der Waals surface area contributed by atoms with E-state index in [2.05, 4.69) is 12.1 Å². The first-order valence-corrected chi connectivity index (χ1v) is 7.98. The highest BCUT2D eigenvalue weighted by molar-refractivity contribution is 5.89. The Balaban J connectivity index is 1.52. The molecule has 0 radical (unpaired) electrons. The van der Waals surface area contributed by atoms with E-state index in [4.69, 9.17) is 9.84 Å². The normalized spacial score (nSPS) is 32.0. The van der Waals surface area contributed by atoms with Crippen LogP contribution in [-0.2, 0) is 14.9 Å². The number of ether oxygens (including phenoxy) is 1. The van der Waals surface area contributed by atoms with Gasteiger partial charge in [0.1, 0.15) is 6.10 Å². The lowest BCUT2D eigenvalue weighted by Crippen LogP contribution is -2.30. The Labute approximate surface area is 134 Å². The van der Waals surface area contributed by atoms with Crippen molar-refractivity contribution in [2.75, 3.05) is 31.1 Å². The third-order valence-corrected chi connectivity index (χ3v) is 5.42. The van der Waals surface area contributed by atoms with Crippen LogP contribution in [0.5, 0.6) is 0 Å². The largest absolute Gasteiger partial charge is 0.441 e. The Hall–Kier alpha value is -2.08. The zero-order valence-electron chi connectivity index (χ0n) is 13.1. The molecule has 23 heavy (non-hydrogen) atoms. The molecule has 1 unspecified atom stereocenters. The summed E-state index contributed by atoms with van der Waals surface area (Å²) in [6.45, 7) is 3.49. The van der Waals surface area contributed by atoms with E-state index in [0.29, 0.717) is 12.5 Å². The Morgan fingerprint density at radius 2 is 2.09 bits per heavy atom. The molecule has 3 fully saturated rings. The van der Waals surface area contributed by atoms with Crippen molar-refractivity contribution in [1.29, 1.82) is 0 Å². The number of rotatable bonds is 3. The maximum atomic E-state index is 11.8. The van der Waals surface area contributed by atoms with E-state index < -0.39 is 12.2 Å². The number of piperidine rings is 1. The molecule has 3 atom stereocenters. The minimum absolute atomic E-state index is 0.114. The van der Waals surface area contributed by atoms with E-state index in [0.717, 1.165) is 25.2 Å². The second kappa shape index (κ2) is 4.96. The summed E-state index contributed by atoms with van der Waals surface area (Å²) in [5, 5.41) is 9.11. The van der Waals surface area contributed by atoms with Crippen LogP contribution in [0, 0.1) is 5.92 Å². The van der Waals surface area contributed by atoms with Crippen molar-refractivity contribution in [2.24, 2.45) is 5.92 Å². The van der Waals surface area contributed by atoms with Crippen LogP contribution in [0.1, 0.15) is 18.9 Å². The fraction of sp³-hybridized carbons (Fsp3) is 0.529. The Kier molecular flexibility index (Phi) is 3.13. The minimum Gasteiger partial charge on any atom is -0.441 e. The lowest BCUT2D eigenvalue weighted by molar-refractivity contribution is -0.128. The van der Waals surface area contributed by atoms with E-state index >= 15 is 0 Å². The van der Waals surface area contributed by atoms with Gasteiger partial charge in [0.15, 0.2) is 0 Å². The topological polar surface area (TPSA) is 70.1 Å². The van der Waals surface area contributed by atoms with E-state index in [1.807, 2.05) is 17.0 Å². The second-order valence-electron chi connectivity index (χ2n) is 6.80. The maximum absolute atomic E-state index is 11.8. The number of aliphatic hydroxyl groups is 1. The molecule has 1 saturated carbocycles. The number of fused-ring (bicyclic) bond motifs is 1. The number of hydrogen-bond donors (Lipinski definition) is 1. The van der Waals surface area contributed by atoms with Gasteiger partial charge in [0.05, 0.1) is 13.2 Å². The molecular weight excluding hydrogens is 296 g/mol.